The lowest BCUT2D eigenvalue weighted by Gasteiger charge is -2.67. The number of carbonyl (C=O) groups is 9. The fraction of sp³-hybridized carbons (Fsp3) is 0.545. The number of unbranched alkanes of at least 4 members (excludes halogenated alkanes) is 2. The first kappa shape index (κ1) is 56.9. The molecule has 11 atom stereocenters. The van der Waals surface area contributed by atoms with Gasteiger partial charge in [0.05, 0.1) is 29.6 Å². The third-order valence-corrected chi connectivity index (χ3v) is 15.4. The second kappa shape index (κ2) is 22.0. The van der Waals surface area contributed by atoms with E-state index in [0.29, 0.717) is 19.3 Å². The summed E-state index contributed by atoms with van der Waals surface area (Å²) in [5.41, 5.74) is -9.05. The summed E-state index contributed by atoms with van der Waals surface area (Å²) < 4.78 is 36.0. The molecule has 2 bridgehead atoms. The highest BCUT2D eigenvalue weighted by atomic mass is 16.6. The summed E-state index contributed by atoms with van der Waals surface area (Å²) in [7, 11) is 0. The molecule has 2 saturated carbocycles. The van der Waals surface area contributed by atoms with Crippen LogP contribution < -0.4 is 10.6 Å². The molecule has 4 amide bonds. The summed E-state index contributed by atoms with van der Waals surface area (Å²) in [6.45, 7) is 10.8. The molecule has 21 heteroatoms. The Morgan fingerprint density at radius 1 is 0.882 bits per heavy atom. The van der Waals surface area contributed by atoms with Crippen molar-refractivity contribution in [1.29, 1.82) is 0 Å². The number of nitrogens with one attached hydrogen (secondary N) is 2. The van der Waals surface area contributed by atoms with E-state index in [1.165, 1.54) is 64.1 Å². The number of hydrogen-bond acceptors (Lipinski definition) is 18. The van der Waals surface area contributed by atoms with Crippen LogP contribution in [-0.2, 0) is 62.0 Å². The first-order valence-corrected chi connectivity index (χ1v) is 25.3. The Kier molecular flexibility index (Phi) is 16.5. The predicted molar refractivity (Wildman–Crippen MR) is 265 cm³/mol. The topological polar surface area (TPSA) is 297 Å². The van der Waals surface area contributed by atoms with Crippen molar-refractivity contribution in [2.75, 3.05) is 19.7 Å². The van der Waals surface area contributed by atoms with Crippen LogP contribution in [0.2, 0.25) is 0 Å². The van der Waals surface area contributed by atoms with Gasteiger partial charge in [-0.05, 0) is 76.3 Å². The number of fused-ring (bicyclic) bond motifs is 5. The van der Waals surface area contributed by atoms with Gasteiger partial charge >= 0.3 is 30.0 Å². The number of esters is 4. The monoisotopic (exact) mass is 1060 g/mol. The number of benzene rings is 2. The average Bonchev–Trinajstić information content (AvgIpc) is 3.70. The molecule has 0 aromatic heterocycles. The molecule has 410 valence electrons. The Morgan fingerprint density at radius 3 is 2.11 bits per heavy atom. The average molecular weight is 1060 g/mol. The van der Waals surface area contributed by atoms with E-state index in [4.69, 9.17) is 28.4 Å². The molecule has 0 spiro atoms. The molecular weight excluding hydrogens is 991 g/mol. The van der Waals surface area contributed by atoms with Gasteiger partial charge in [0.1, 0.15) is 48.2 Å². The summed E-state index contributed by atoms with van der Waals surface area (Å²) >= 11 is 0. The minimum absolute atomic E-state index is 0.0257. The zero-order valence-corrected chi connectivity index (χ0v) is 43.8. The van der Waals surface area contributed by atoms with Crippen LogP contribution in [0.25, 0.3) is 0 Å². The third kappa shape index (κ3) is 11.1. The number of hydrogen-bond donors (Lipinski definition) is 5. The van der Waals surface area contributed by atoms with Crippen LogP contribution in [-0.4, -0.2) is 147 Å². The minimum atomic E-state index is -2.49. The maximum atomic E-state index is 15.3. The molecule has 76 heavy (non-hydrogen) atoms. The van der Waals surface area contributed by atoms with E-state index in [9.17, 15) is 48.9 Å². The summed E-state index contributed by atoms with van der Waals surface area (Å²) in [5.74, 6) is -8.27. The van der Waals surface area contributed by atoms with Crippen LogP contribution in [0.1, 0.15) is 116 Å². The van der Waals surface area contributed by atoms with Crippen LogP contribution in [0, 0.1) is 16.7 Å². The normalized spacial score (nSPS) is 29.2. The number of aliphatic hydroxyl groups excluding tert-OH is 2. The molecule has 2 aromatic rings. The molecule has 5 N–H and O–H groups in total. The molecule has 2 aliphatic heterocycles. The van der Waals surface area contributed by atoms with E-state index in [1.807, 2.05) is 0 Å². The van der Waals surface area contributed by atoms with E-state index < -0.39 is 143 Å². The van der Waals surface area contributed by atoms with E-state index in [2.05, 4.69) is 10.6 Å². The number of ether oxygens (including phenoxy) is 6. The third-order valence-electron chi connectivity index (χ3n) is 15.4. The highest BCUT2D eigenvalue weighted by molar-refractivity contribution is 6.12. The van der Waals surface area contributed by atoms with Crippen molar-refractivity contribution >= 4 is 53.5 Å². The number of aliphatic hydroxyl groups is 3. The van der Waals surface area contributed by atoms with Crippen LogP contribution >= 0.6 is 0 Å². The highest BCUT2D eigenvalue weighted by Gasteiger charge is 2.78. The first-order valence-electron chi connectivity index (χ1n) is 25.3. The SMILES string of the molecule is CC(=O)O[C@@]12CO[C@@H]1C[C@H](O)[C@@]1(C)C(=O)[C@H](O)C3=C(C)[C@@H](OC(=O)[C@H](OC(=O)CNC(=O)CCCCCN4C(=O)C=CC4=O)[C@@H](NC(=O)OC(C)(C)C)c4ccccc4)C[C@@](O)([C@@H](OC(=O)c4ccccc4)C12)C3(C)C. The van der Waals surface area contributed by atoms with Crippen molar-refractivity contribution in [3.05, 3.63) is 95.1 Å². The van der Waals surface area contributed by atoms with Crippen molar-refractivity contribution < 1.29 is 86.9 Å². The number of Topliss-reactive ketones (excluding diaryl/α,β-unsaturated/α-hetero) is 1. The second-order valence-corrected chi connectivity index (χ2v) is 21.8. The number of imide groups is 1. The van der Waals surface area contributed by atoms with E-state index in [0.717, 1.165) is 11.8 Å². The van der Waals surface area contributed by atoms with Crippen molar-refractivity contribution in [2.45, 2.75) is 153 Å². The molecule has 2 aromatic carbocycles. The van der Waals surface area contributed by atoms with E-state index in [-0.39, 0.29) is 48.3 Å². The molecule has 7 rings (SSSR count). The van der Waals surface area contributed by atoms with Gasteiger partial charge in [0.2, 0.25) is 12.0 Å². The molecule has 0 radical (unpaired) electrons. The highest BCUT2D eigenvalue weighted by Crippen LogP contribution is 2.64. The van der Waals surface area contributed by atoms with Gasteiger partial charge in [-0.2, -0.15) is 0 Å². The van der Waals surface area contributed by atoms with Gasteiger partial charge in [-0.3, -0.25) is 33.7 Å². The minimum Gasteiger partial charge on any atom is -0.455 e. The van der Waals surface area contributed by atoms with Crippen LogP contribution in [0.3, 0.4) is 0 Å². The largest absolute Gasteiger partial charge is 0.455 e. The number of nitrogens with zero attached hydrogens (tertiary/aromatic N) is 1. The van der Waals surface area contributed by atoms with Crippen LogP contribution in [0.5, 0.6) is 0 Å². The Balaban J connectivity index is 1.25. The lowest BCUT2D eigenvalue weighted by atomic mass is 9.44. The van der Waals surface area contributed by atoms with Gasteiger partial charge in [0, 0.05) is 50.3 Å². The standard InChI is InChI=1S/C55H67N3O18/c1-30-34(27-55(70)47(74-48(67)33-20-14-10-15-21-33)45-53(8,46(66)43(65)41(30)52(55,6)7)35(60)26-36-54(45,29-71-36)75-31(2)59)72-49(68)44(42(32-18-12-9-13-19-32)57-50(69)76-51(3,4)5)73-40(64)28-56-37(61)22-16-11-17-25-58-38(62)23-24-39(58)63/h9-10,12-15,18-21,23-24,34-36,42-45,47,60,65,70H,11,16-17,22,25-29H2,1-8H3,(H,56,61)(H,57,69)/t34-,35-,36+,42-,43+,44+,45?,47-,53+,54-,55+/m0/s1. The van der Waals surface area contributed by atoms with Crippen LogP contribution in [0.15, 0.2) is 84.0 Å². The Hall–Kier alpha value is -6.81. The zero-order valence-electron chi connectivity index (χ0n) is 43.8. The van der Waals surface area contributed by atoms with Gasteiger partial charge in [0.25, 0.3) is 11.8 Å². The summed E-state index contributed by atoms with van der Waals surface area (Å²) in [6.07, 6.45) is -8.79. The van der Waals surface area contributed by atoms with Gasteiger partial charge < -0.3 is 54.4 Å². The Morgan fingerprint density at radius 2 is 1.51 bits per heavy atom. The maximum absolute atomic E-state index is 15.3. The number of amides is 4. The molecule has 21 nitrogen and oxygen atoms in total. The fourth-order valence-electron chi connectivity index (χ4n) is 11.5. The molecule has 1 saturated heterocycles. The number of alkyl carbamates (subject to hydrolysis) is 1. The lowest BCUT2D eigenvalue weighted by Crippen LogP contribution is -2.81. The van der Waals surface area contributed by atoms with Crippen molar-refractivity contribution in [3.63, 3.8) is 0 Å². The van der Waals surface area contributed by atoms with Gasteiger partial charge in [-0.1, -0.05) is 68.8 Å². The quantitative estimate of drug-likeness (QED) is 0.0499. The molecule has 1 unspecified atom stereocenters. The maximum Gasteiger partial charge on any atom is 0.408 e. The molecular formula is C55H67N3O18. The van der Waals surface area contributed by atoms with E-state index >= 15 is 9.59 Å². The van der Waals surface area contributed by atoms with Gasteiger partial charge in [-0.15, -0.1) is 0 Å². The smallest absolute Gasteiger partial charge is 0.408 e. The van der Waals surface area contributed by atoms with E-state index in [1.54, 1.807) is 57.2 Å². The molecule has 3 aliphatic carbocycles. The van der Waals surface area contributed by atoms with Gasteiger partial charge in [-0.25, -0.2) is 14.4 Å². The summed E-state index contributed by atoms with van der Waals surface area (Å²) in [4.78, 5) is 123. The number of carbonyl (C=O) groups excluding carboxylic acids is 9. The summed E-state index contributed by atoms with van der Waals surface area (Å²) in [5, 5.41) is 43.3. The first-order chi connectivity index (χ1) is 35.7. The van der Waals surface area contributed by atoms with Crippen molar-refractivity contribution in [2.24, 2.45) is 16.7 Å². The Labute approximate surface area is 439 Å². The van der Waals surface area contributed by atoms with Crippen LogP contribution in [0.4, 0.5) is 4.79 Å². The van der Waals surface area contributed by atoms with Crippen molar-refractivity contribution in [3.8, 4) is 0 Å². The molecule has 2 heterocycles. The van der Waals surface area contributed by atoms with Crippen molar-refractivity contribution in [1.82, 2.24) is 15.5 Å². The number of rotatable bonds is 17. The molecule has 5 aliphatic rings. The van der Waals surface area contributed by atoms with Gasteiger partial charge in [0.15, 0.2) is 11.4 Å². The summed E-state index contributed by atoms with van der Waals surface area (Å²) in [6, 6.07) is 14.1. The number of ketones is 1. The fourth-order valence-corrected chi connectivity index (χ4v) is 11.5. The zero-order chi connectivity index (χ0) is 55.7. The second-order valence-electron chi connectivity index (χ2n) is 21.8. The Bertz CT molecular complexity index is 2660. The molecule has 3 fully saturated rings. The lowest BCUT2D eigenvalue weighted by molar-refractivity contribution is -0.346. The predicted octanol–water partition coefficient (Wildman–Crippen LogP) is 3.41.